The van der Waals surface area contributed by atoms with Gasteiger partial charge in [0.15, 0.2) is 0 Å². The van der Waals surface area contributed by atoms with Crippen molar-refractivity contribution >= 4 is 5.97 Å². The number of methoxy groups -OCH3 is 1. The van der Waals surface area contributed by atoms with Gasteiger partial charge in [-0.3, -0.25) is 4.79 Å². The maximum absolute atomic E-state index is 11.7. The Balaban J connectivity index is 4.56. The Bertz CT molecular complexity index is 294. The molecule has 4 nitrogen and oxygen atoms in total. The van der Waals surface area contributed by atoms with Gasteiger partial charge in [0.2, 0.25) is 0 Å². The first-order valence-corrected chi connectivity index (χ1v) is 6.01. The highest BCUT2D eigenvalue weighted by Gasteiger charge is 2.36. The van der Waals surface area contributed by atoms with E-state index in [9.17, 15) is 4.79 Å². The van der Waals surface area contributed by atoms with Crippen molar-refractivity contribution in [2.75, 3.05) is 13.7 Å². The van der Waals surface area contributed by atoms with Gasteiger partial charge in [0, 0.05) is 18.5 Å². The second-order valence-corrected chi connectivity index (χ2v) is 5.30. The molecule has 17 heavy (non-hydrogen) atoms. The summed E-state index contributed by atoms with van der Waals surface area (Å²) in [5.41, 5.74) is -0.659. The maximum atomic E-state index is 11.7. The SMILES string of the molecule is CCC(C)(CC(C)(C)C(=O)OC)NCCC#N. The minimum Gasteiger partial charge on any atom is -0.469 e. The van der Waals surface area contributed by atoms with Gasteiger partial charge in [-0.2, -0.15) is 5.26 Å². The first kappa shape index (κ1) is 15.9. The lowest BCUT2D eigenvalue weighted by atomic mass is 9.78. The van der Waals surface area contributed by atoms with Crippen LogP contribution in [0.25, 0.3) is 0 Å². The molecule has 1 atom stereocenters. The van der Waals surface area contributed by atoms with E-state index in [0.29, 0.717) is 19.4 Å². The summed E-state index contributed by atoms with van der Waals surface area (Å²) >= 11 is 0. The molecule has 0 saturated heterocycles. The summed E-state index contributed by atoms with van der Waals surface area (Å²) in [4.78, 5) is 11.7. The molecule has 0 bridgehead atoms. The summed E-state index contributed by atoms with van der Waals surface area (Å²) in [6, 6.07) is 2.11. The third kappa shape index (κ3) is 5.18. The van der Waals surface area contributed by atoms with Crippen molar-refractivity contribution in [2.45, 2.75) is 52.5 Å². The third-order valence-corrected chi connectivity index (χ3v) is 3.14. The minimum atomic E-state index is -0.515. The van der Waals surface area contributed by atoms with Crippen LogP contribution in [0.5, 0.6) is 0 Å². The van der Waals surface area contributed by atoms with Crippen molar-refractivity contribution in [1.82, 2.24) is 5.32 Å². The predicted molar refractivity (Wildman–Crippen MR) is 67.3 cm³/mol. The Labute approximate surface area is 104 Å². The lowest BCUT2D eigenvalue weighted by Crippen LogP contribution is -2.47. The third-order valence-electron chi connectivity index (χ3n) is 3.14. The molecule has 0 aromatic heterocycles. The molecular weight excluding hydrogens is 216 g/mol. The number of hydrogen-bond acceptors (Lipinski definition) is 4. The van der Waals surface area contributed by atoms with Gasteiger partial charge >= 0.3 is 5.97 Å². The highest BCUT2D eigenvalue weighted by Crippen LogP contribution is 2.31. The van der Waals surface area contributed by atoms with Gasteiger partial charge in [0.05, 0.1) is 18.6 Å². The van der Waals surface area contributed by atoms with Gasteiger partial charge in [0.1, 0.15) is 0 Å². The van der Waals surface area contributed by atoms with E-state index in [2.05, 4.69) is 25.2 Å². The molecule has 98 valence electrons. The van der Waals surface area contributed by atoms with Gasteiger partial charge in [-0.25, -0.2) is 0 Å². The summed E-state index contributed by atoms with van der Waals surface area (Å²) < 4.78 is 4.81. The normalized spacial score (nSPS) is 14.8. The number of rotatable bonds is 7. The van der Waals surface area contributed by atoms with Crippen molar-refractivity contribution in [2.24, 2.45) is 5.41 Å². The van der Waals surface area contributed by atoms with Crippen LogP contribution in [-0.2, 0) is 9.53 Å². The zero-order valence-corrected chi connectivity index (χ0v) is 11.6. The first-order valence-electron chi connectivity index (χ1n) is 6.01. The van der Waals surface area contributed by atoms with Crippen LogP contribution < -0.4 is 5.32 Å². The summed E-state index contributed by atoms with van der Waals surface area (Å²) in [7, 11) is 1.41. The fourth-order valence-electron chi connectivity index (χ4n) is 2.06. The van der Waals surface area contributed by atoms with Crippen molar-refractivity contribution in [3.05, 3.63) is 0 Å². The van der Waals surface area contributed by atoms with Gasteiger partial charge in [-0.1, -0.05) is 6.92 Å². The number of carbonyl (C=O) groups is 1. The van der Waals surface area contributed by atoms with E-state index in [0.717, 1.165) is 6.42 Å². The van der Waals surface area contributed by atoms with Crippen molar-refractivity contribution in [3.63, 3.8) is 0 Å². The Morgan fingerprint density at radius 2 is 2.00 bits per heavy atom. The van der Waals surface area contributed by atoms with E-state index in [-0.39, 0.29) is 11.5 Å². The Morgan fingerprint density at radius 3 is 2.41 bits per heavy atom. The summed E-state index contributed by atoms with van der Waals surface area (Å²) in [5, 5.41) is 11.9. The standard InChI is InChI=1S/C13H24N2O2/c1-6-13(4,15-9-7-8-14)10-12(2,3)11(16)17-5/h15H,6-7,9-10H2,1-5H3. The maximum Gasteiger partial charge on any atom is 0.311 e. The molecule has 0 aliphatic carbocycles. The average Bonchev–Trinajstić information content (AvgIpc) is 2.27. The van der Waals surface area contributed by atoms with Crippen molar-refractivity contribution in [3.8, 4) is 6.07 Å². The summed E-state index contributed by atoms with van der Waals surface area (Å²) in [5.74, 6) is -0.195. The Morgan fingerprint density at radius 1 is 1.41 bits per heavy atom. The average molecular weight is 240 g/mol. The minimum absolute atomic E-state index is 0.144. The molecule has 0 spiro atoms. The highest BCUT2D eigenvalue weighted by atomic mass is 16.5. The molecule has 4 heteroatoms. The lowest BCUT2D eigenvalue weighted by Gasteiger charge is -2.36. The van der Waals surface area contributed by atoms with Crippen molar-refractivity contribution < 1.29 is 9.53 Å². The van der Waals surface area contributed by atoms with Gasteiger partial charge in [0.25, 0.3) is 0 Å². The fraction of sp³-hybridized carbons (Fsp3) is 0.846. The van der Waals surface area contributed by atoms with Crippen LogP contribution in [0.1, 0.15) is 47.0 Å². The zero-order valence-electron chi connectivity index (χ0n) is 11.6. The van der Waals surface area contributed by atoms with Crippen LogP contribution >= 0.6 is 0 Å². The highest BCUT2D eigenvalue weighted by molar-refractivity contribution is 5.75. The molecule has 0 aliphatic rings. The number of esters is 1. The van der Waals surface area contributed by atoms with Crippen LogP contribution in [-0.4, -0.2) is 25.2 Å². The molecule has 0 rings (SSSR count). The number of ether oxygens (including phenoxy) is 1. The molecule has 0 amide bonds. The van der Waals surface area contributed by atoms with Crippen LogP contribution in [0.15, 0.2) is 0 Å². The van der Waals surface area contributed by atoms with E-state index in [1.165, 1.54) is 7.11 Å². The van der Waals surface area contributed by atoms with Gasteiger partial charge < -0.3 is 10.1 Å². The monoisotopic (exact) mass is 240 g/mol. The van der Waals surface area contributed by atoms with Crippen LogP contribution in [0, 0.1) is 16.7 Å². The van der Waals surface area contributed by atoms with Crippen LogP contribution in [0.3, 0.4) is 0 Å². The van der Waals surface area contributed by atoms with E-state index >= 15 is 0 Å². The molecule has 0 aliphatic heterocycles. The van der Waals surface area contributed by atoms with Crippen LogP contribution in [0.4, 0.5) is 0 Å². The first-order chi connectivity index (χ1) is 7.81. The zero-order chi connectivity index (χ0) is 13.5. The van der Waals surface area contributed by atoms with Crippen LogP contribution in [0.2, 0.25) is 0 Å². The number of hydrogen-bond donors (Lipinski definition) is 1. The topological polar surface area (TPSA) is 62.1 Å². The molecule has 1 unspecified atom stereocenters. The molecule has 0 saturated carbocycles. The van der Waals surface area contributed by atoms with Gasteiger partial charge in [-0.05, 0) is 33.6 Å². The quantitative estimate of drug-likeness (QED) is 0.547. The number of carbonyl (C=O) groups excluding carboxylic acids is 1. The molecule has 0 fully saturated rings. The molecule has 0 aromatic carbocycles. The lowest BCUT2D eigenvalue weighted by molar-refractivity contribution is -0.152. The van der Waals surface area contributed by atoms with E-state index in [1.807, 2.05) is 13.8 Å². The van der Waals surface area contributed by atoms with E-state index in [4.69, 9.17) is 10.00 Å². The largest absolute Gasteiger partial charge is 0.469 e. The summed E-state index contributed by atoms with van der Waals surface area (Å²) in [6.07, 6.45) is 2.07. The Hall–Kier alpha value is -1.08. The van der Waals surface area contributed by atoms with Crippen molar-refractivity contribution in [1.29, 1.82) is 5.26 Å². The second-order valence-electron chi connectivity index (χ2n) is 5.30. The smallest absolute Gasteiger partial charge is 0.311 e. The molecule has 1 N–H and O–H groups in total. The number of nitrogens with one attached hydrogen (secondary N) is 1. The molecule has 0 aromatic rings. The number of nitrogens with zero attached hydrogens (tertiary/aromatic N) is 1. The fourth-order valence-corrected chi connectivity index (χ4v) is 2.06. The van der Waals surface area contributed by atoms with E-state index < -0.39 is 5.41 Å². The van der Waals surface area contributed by atoms with E-state index in [1.54, 1.807) is 0 Å². The summed E-state index contributed by atoms with van der Waals surface area (Å²) in [6.45, 7) is 8.58. The molecular formula is C13H24N2O2. The predicted octanol–water partition coefficient (Wildman–Crippen LogP) is 2.25. The molecule has 0 heterocycles. The second kappa shape index (κ2) is 6.61. The van der Waals surface area contributed by atoms with Gasteiger partial charge in [-0.15, -0.1) is 0 Å². The Kier molecular flexibility index (Phi) is 6.19. The molecule has 0 radical (unpaired) electrons. The number of nitriles is 1.